The second kappa shape index (κ2) is 9.74. The maximum atomic E-state index is 13.3. The molecule has 0 aromatic heterocycles. The number of amides is 1. The maximum absolute atomic E-state index is 13.3. The molecule has 2 aliphatic heterocycles. The highest BCUT2D eigenvalue weighted by Gasteiger charge is 2.29. The summed E-state index contributed by atoms with van der Waals surface area (Å²) in [5, 5.41) is 0.672. The van der Waals surface area contributed by atoms with Gasteiger partial charge >= 0.3 is 0 Å². The standard InChI is InChI=1S/C26H25N3O3S2/c30-25(29-16-6-18-33-26(29)27-23-9-2-1-3-10-23)21-11-13-24(14-12-21)34(31,32)28-17-15-20-7-4-5-8-22(20)19-28/h1-5,7-14H,6,15-19H2. The SMILES string of the molecule is O=C(c1ccc(S(=O)(=O)N2CCc3ccccc3C2)cc1)N1CCCSC1=Nc1ccccc1. The van der Waals surface area contributed by atoms with Crippen LogP contribution in [0.1, 0.15) is 27.9 Å². The summed E-state index contributed by atoms with van der Waals surface area (Å²) in [6.45, 7) is 1.40. The number of rotatable bonds is 4. The van der Waals surface area contributed by atoms with Crippen LogP contribution in [0.25, 0.3) is 0 Å². The normalized spacial score (nSPS) is 18.0. The molecule has 34 heavy (non-hydrogen) atoms. The average Bonchev–Trinajstić information content (AvgIpc) is 2.89. The summed E-state index contributed by atoms with van der Waals surface area (Å²) in [6, 6.07) is 23.8. The van der Waals surface area contributed by atoms with E-state index in [1.165, 1.54) is 22.0 Å². The van der Waals surface area contributed by atoms with Crippen LogP contribution < -0.4 is 0 Å². The summed E-state index contributed by atoms with van der Waals surface area (Å²) in [5.41, 5.74) is 3.49. The van der Waals surface area contributed by atoms with Gasteiger partial charge in [-0.25, -0.2) is 13.4 Å². The summed E-state index contributed by atoms with van der Waals surface area (Å²) in [7, 11) is -3.64. The van der Waals surface area contributed by atoms with Gasteiger partial charge in [0.15, 0.2) is 5.17 Å². The van der Waals surface area contributed by atoms with Crippen LogP contribution in [0.5, 0.6) is 0 Å². The minimum absolute atomic E-state index is 0.169. The zero-order valence-corrected chi connectivity index (χ0v) is 20.3. The molecule has 2 aliphatic rings. The Morgan fingerprint density at radius 1 is 0.853 bits per heavy atom. The minimum atomic E-state index is -3.64. The van der Waals surface area contributed by atoms with Gasteiger partial charge in [0.1, 0.15) is 0 Å². The van der Waals surface area contributed by atoms with Gasteiger partial charge in [0.2, 0.25) is 10.0 Å². The summed E-state index contributed by atoms with van der Waals surface area (Å²) >= 11 is 1.56. The first-order valence-corrected chi connectivity index (χ1v) is 13.7. The predicted octanol–water partition coefficient (Wildman–Crippen LogP) is 4.70. The topological polar surface area (TPSA) is 70.1 Å². The van der Waals surface area contributed by atoms with Crippen LogP contribution in [0.2, 0.25) is 0 Å². The van der Waals surface area contributed by atoms with Crippen LogP contribution in [0, 0.1) is 0 Å². The first kappa shape index (κ1) is 22.8. The van der Waals surface area contributed by atoms with Crippen molar-refractivity contribution in [3.63, 3.8) is 0 Å². The van der Waals surface area contributed by atoms with Crippen LogP contribution in [0.3, 0.4) is 0 Å². The van der Waals surface area contributed by atoms with Gasteiger partial charge in [0.05, 0.1) is 10.6 Å². The number of amidine groups is 1. The van der Waals surface area contributed by atoms with Crippen molar-refractivity contribution in [3.8, 4) is 0 Å². The van der Waals surface area contributed by atoms with Crippen LogP contribution in [0.4, 0.5) is 5.69 Å². The lowest BCUT2D eigenvalue weighted by molar-refractivity contribution is 0.0849. The molecule has 1 saturated heterocycles. The summed E-state index contributed by atoms with van der Waals surface area (Å²) in [6.07, 6.45) is 1.58. The fourth-order valence-electron chi connectivity index (χ4n) is 4.20. The van der Waals surface area contributed by atoms with E-state index in [4.69, 9.17) is 0 Å². The Hall–Kier alpha value is -2.94. The largest absolute Gasteiger partial charge is 0.287 e. The van der Waals surface area contributed by atoms with E-state index in [0.29, 0.717) is 36.8 Å². The molecule has 174 valence electrons. The van der Waals surface area contributed by atoms with E-state index in [1.807, 2.05) is 54.6 Å². The lowest BCUT2D eigenvalue weighted by atomic mass is 10.0. The van der Waals surface area contributed by atoms with E-state index >= 15 is 0 Å². The first-order chi connectivity index (χ1) is 16.5. The number of carbonyl (C=O) groups is 1. The highest BCUT2D eigenvalue weighted by atomic mass is 32.2. The van der Waals surface area contributed by atoms with Crippen molar-refractivity contribution in [1.82, 2.24) is 9.21 Å². The molecule has 0 aliphatic carbocycles. The van der Waals surface area contributed by atoms with E-state index in [0.717, 1.165) is 23.4 Å². The molecule has 0 spiro atoms. The third kappa shape index (κ3) is 4.66. The average molecular weight is 492 g/mol. The van der Waals surface area contributed by atoms with Gasteiger partial charge in [0.25, 0.3) is 5.91 Å². The molecule has 1 amide bonds. The number of hydrogen-bond donors (Lipinski definition) is 0. The first-order valence-electron chi connectivity index (χ1n) is 11.3. The molecule has 0 radical (unpaired) electrons. The molecule has 3 aromatic rings. The number of carbonyl (C=O) groups excluding carboxylic acids is 1. The fraction of sp³-hybridized carbons (Fsp3) is 0.231. The van der Waals surface area contributed by atoms with Gasteiger partial charge in [-0.1, -0.05) is 54.2 Å². The van der Waals surface area contributed by atoms with E-state index in [9.17, 15) is 13.2 Å². The maximum Gasteiger partial charge on any atom is 0.259 e. The number of nitrogens with zero attached hydrogens (tertiary/aromatic N) is 3. The molecule has 0 saturated carbocycles. The van der Waals surface area contributed by atoms with Crippen LogP contribution in [-0.2, 0) is 23.0 Å². The van der Waals surface area contributed by atoms with Gasteiger partial charge in [-0.3, -0.25) is 9.69 Å². The molecule has 0 N–H and O–H groups in total. The van der Waals surface area contributed by atoms with E-state index < -0.39 is 10.0 Å². The highest BCUT2D eigenvalue weighted by Crippen LogP contribution is 2.27. The van der Waals surface area contributed by atoms with E-state index in [2.05, 4.69) is 4.99 Å². The molecule has 0 atom stereocenters. The molecule has 6 nitrogen and oxygen atoms in total. The fourth-order valence-corrected chi connectivity index (χ4v) is 6.58. The van der Waals surface area contributed by atoms with Gasteiger partial charge in [-0.2, -0.15) is 4.31 Å². The zero-order chi connectivity index (χ0) is 23.5. The lowest BCUT2D eigenvalue weighted by Crippen LogP contribution is -2.39. The molecular weight excluding hydrogens is 466 g/mol. The molecular formula is C26H25N3O3S2. The van der Waals surface area contributed by atoms with Crippen LogP contribution >= 0.6 is 11.8 Å². The number of sulfonamides is 1. The predicted molar refractivity (Wildman–Crippen MR) is 136 cm³/mol. The highest BCUT2D eigenvalue weighted by molar-refractivity contribution is 8.13. The molecule has 0 bridgehead atoms. The number of hydrogen-bond acceptors (Lipinski definition) is 5. The Kier molecular flexibility index (Phi) is 6.54. The molecule has 5 rings (SSSR count). The number of benzene rings is 3. The monoisotopic (exact) mass is 491 g/mol. The number of thioether (sulfide) groups is 1. The Morgan fingerprint density at radius 2 is 1.56 bits per heavy atom. The minimum Gasteiger partial charge on any atom is -0.287 e. The van der Waals surface area contributed by atoms with Gasteiger partial charge in [-0.15, -0.1) is 0 Å². The van der Waals surface area contributed by atoms with Crippen molar-refractivity contribution in [2.24, 2.45) is 4.99 Å². The quantitative estimate of drug-likeness (QED) is 0.530. The number of para-hydroxylation sites is 1. The molecule has 8 heteroatoms. The van der Waals surface area contributed by atoms with E-state index in [1.54, 1.807) is 28.8 Å². The van der Waals surface area contributed by atoms with Crippen LogP contribution in [0.15, 0.2) is 88.8 Å². The van der Waals surface area contributed by atoms with E-state index in [-0.39, 0.29) is 10.8 Å². The molecule has 0 unspecified atom stereocenters. The van der Waals surface area contributed by atoms with Crippen molar-refractivity contribution in [1.29, 1.82) is 0 Å². The lowest BCUT2D eigenvalue weighted by Gasteiger charge is -2.29. The summed E-state index contributed by atoms with van der Waals surface area (Å²) < 4.78 is 28.0. The Morgan fingerprint density at radius 3 is 2.32 bits per heavy atom. The van der Waals surface area contributed by atoms with Crippen molar-refractivity contribution in [2.75, 3.05) is 18.8 Å². The Bertz CT molecular complexity index is 1320. The Balaban J connectivity index is 1.35. The van der Waals surface area contributed by atoms with Crippen molar-refractivity contribution < 1.29 is 13.2 Å². The van der Waals surface area contributed by atoms with Gasteiger partial charge < -0.3 is 0 Å². The Labute approximate surface area is 204 Å². The number of aliphatic imine (C=N–C) groups is 1. The van der Waals surface area contributed by atoms with Crippen molar-refractivity contribution in [3.05, 3.63) is 95.6 Å². The smallest absolute Gasteiger partial charge is 0.259 e. The van der Waals surface area contributed by atoms with Gasteiger partial charge in [0, 0.05) is 31.0 Å². The zero-order valence-electron chi connectivity index (χ0n) is 18.6. The third-order valence-corrected chi connectivity index (χ3v) is 8.97. The molecule has 1 fully saturated rings. The summed E-state index contributed by atoms with van der Waals surface area (Å²) in [5.74, 6) is 0.740. The molecule has 3 aromatic carbocycles. The van der Waals surface area contributed by atoms with Crippen molar-refractivity contribution in [2.45, 2.75) is 24.3 Å². The summed E-state index contributed by atoms with van der Waals surface area (Å²) in [4.78, 5) is 19.8. The third-order valence-electron chi connectivity index (χ3n) is 6.05. The van der Waals surface area contributed by atoms with Crippen LogP contribution in [-0.4, -0.2) is 47.5 Å². The number of fused-ring (bicyclic) bond motifs is 1. The second-order valence-electron chi connectivity index (χ2n) is 8.27. The van der Waals surface area contributed by atoms with Gasteiger partial charge in [-0.05, 0) is 60.4 Å². The second-order valence-corrected chi connectivity index (χ2v) is 11.3. The molecule has 2 heterocycles. The van der Waals surface area contributed by atoms with Crippen molar-refractivity contribution >= 4 is 38.5 Å².